The highest BCUT2D eigenvalue weighted by atomic mass is 32.1. The first-order valence-electron chi connectivity index (χ1n) is 10.8. The molecule has 3 heterocycles. The molecule has 0 aromatic carbocycles. The molecule has 4 rings (SSSR count). The molecule has 1 N–H and O–H groups in total. The molecule has 0 spiro atoms. The maximum absolute atomic E-state index is 13.1. The maximum atomic E-state index is 13.1. The number of carbonyl (C=O) groups is 2. The van der Waals surface area contributed by atoms with Crippen molar-refractivity contribution in [3.63, 3.8) is 0 Å². The van der Waals surface area contributed by atoms with Gasteiger partial charge in [0.25, 0.3) is 5.56 Å². The number of thiophene rings is 2. The summed E-state index contributed by atoms with van der Waals surface area (Å²) in [4.78, 5) is 44.4. The van der Waals surface area contributed by atoms with Crippen LogP contribution in [0.25, 0.3) is 10.2 Å². The van der Waals surface area contributed by atoms with E-state index in [9.17, 15) is 19.6 Å². The zero-order valence-electron chi connectivity index (χ0n) is 18.7. The van der Waals surface area contributed by atoms with Gasteiger partial charge in [-0.1, -0.05) is 13.8 Å². The highest BCUT2D eigenvalue weighted by molar-refractivity contribution is 7.20. The van der Waals surface area contributed by atoms with Crippen LogP contribution < -0.4 is 10.9 Å². The van der Waals surface area contributed by atoms with Crippen LogP contribution in [0.2, 0.25) is 0 Å². The highest BCUT2D eigenvalue weighted by Gasteiger charge is 2.23. The van der Waals surface area contributed by atoms with Gasteiger partial charge in [0.2, 0.25) is 5.91 Å². The minimum absolute atomic E-state index is 0.202. The van der Waals surface area contributed by atoms with Crippen LogP contribution in [0.4, 0.5) is 5.00 Å². The molecule has 0 unspecified atom stereocenters. The van der Waals surface area contributed by atoms with E-state index < -0.39 is 17.4 Å². The molecule has 1 amide bonds. The lowest BCUT2D eigenvalue weighted by atomic mass is 9.96. The Morgan fingerprint density at radius 2 is 2.06 bits per heavy atom. The second-order valence-corrected chi connectivity index (χ2v) is 10.6. The number of aryl methyl sites for hydroxylation is 2. The normalized spacial score (nSPS) is 13.1. The predicted molar refractivity (Wildman–Crippen MR) is 128 cm³/mol. The van der Waals surface area contributed by atoms with Gasteiger partial charge in [-0.25, -0.2) is 9.78 Å². The average molecular weight is 485 g/mol. The summed E-state index contributed by atoms with van der Waals surface area (Å²) in [6.07, 6.45) is 5.21. The number of aromatic nitrogens is 2. The summed E-state index contributed by atoms with van der Waals surface area (Å²) in [5.74, 6) is -0.677. The van der Waals surface area contributed by atoms with Crippen LogP contribution in [0.3, 0.4) is 0 Å². The van der Waals surface area contributed by atoms with Gasteiger partial charge in [-0.2, -0.15) is 5.26 Å². The van der Waals surface area contributed by atoms with Gasteiger partial charge >= 0.3 is 5.97 Å². The zero-order valence-corrected chi connectivity index (χ0v) is 20.3. The molecule has 172 valence electrons. The largest absolute Gasteiger partial charge is 0.461 e. The molecule has 0 saturated carbocycles. The Balaban J connectivity index is 1.56. The quantitative estimate of drug-likeness (QED) is 0.529. The molecule has 0 atom stereocenters. The summed E-state index contributed by atoms with van der Waals surface area (Å²) in [5.41, 5.74) is 1.68. The SMILES string of the molecule is Cc1c(C(=O)OCC(C)C)sc2ncn(CC(=O)Nc3sc4c(c3C#N)CCCC4)c(=O)c12. The number of nitriles is 1. The van der Waals surface area contributed by atoms with Gasteiger partial charge in [0.1, 0.15) is 27.3 Å². The molecular formula is C23H24N4O4S2. The fraction of sp³-hybridized carbons (Fsp3) is 0.435. The summed E-state index contributed by atoms with van der Waals surface area (Å²) in [6, 6.07) is 2.22. The van der Waals surface area contributed by atoms with Crippen LogP contribution in [0.15, 0.2) is 11.1 Å². The van der Waals surface area contributed by atoms with E-state index in [1.54, 1.807) is 6.92 Å². The van der Waals surface area contributed by atoms with E-state index in [4.69, 9.17) is 4.74 Å². The van der Waals surface area contributed by atoms with Crippen LogP contribution in [-0.2, 0) is 28.9 Å². The van der Waals surface area contributed by atoms with Crippen molar-refractivity contribution in [3.05, 3.63) is 43.1 Å². The van der Waals surface area contributed by atoms with E-state index in [-0.39, 0.29) is 12.5 Å². The molecule has 0 saturated heterocycles. The molecule has 3 aromatic heterocycles. The third-order valence-corrected chi connectivity index (χ3v) is 7.89. The van der Waals surface area contributed by atoms with Crippen molar-refractivity contribution in [2.75, 3.05) is 11.9 Å². The van der Waals surface area contributed by atoms with Gasteiger partial charge in [0.05, 0.1) is 23.9 Å². The Hall–Kier alpha value is -3.03. The molecule has 3 aromatic rings. The van der Waals surface area contributed by atoms with Gasteiger partial charge in [0.15, 0.2) is 0 Å². The van der Waals surface area contributed by atoms with E-state index in [1.165, 1.54) is 22.2 Å². The Morgan fingerprint density at radius 3 is 2.79 bits per heavy atom. The van der Waals surface area contributed by atoms with Crippen molar-refractivity contribution in [2.45, 2.75) is 53.0 Å². The number of hydrogen-bond donors (Lipinski definition) is 1. The molecule has 1 aliphatic rings. The van der Waals surface area contributed by atoms with Crippen molar-refractivity contribution in [1.29, 1.82) is 5.26 Å². The number of anilines is 1. The number of nitrogens with zero attached hydrogens (tertiary/aromatic N) is 3. The topological polar surface area (TPSA) is 114 Å². The lowest BCUT2D eigenvalue weighted by molar-refractivity contribution is -0.116. The zero-order chi connectivity index (χ0) is 23.7. The number of hydrogen-bond acceptors (Lipinski definition) is 8. The highest BCUT2D eigenvalue weighted by Crippen LogP contribution is 2.37. The van der Waals surface area contributed by atoms with Crippen molar-refractivity contribution < 1.29 is 14.3 Å². The number of rotatable bonds is 6. The van der Waals surface area contributed by atoms with E-state index in [0.29, 0.717) is 37.8 Å². The standard InChI is InChI=1S/C23H24N4O4S2/c1-12(2)10-31-23(30)19-13(3)18-21(33-19)25-11-27(22(18)29)9-17(28)26-20-15(8-24)14-6-4-5-7-16(14)32-20/h11-12H,4-7,9-10H2,1-3H3,(H,26,28). The number of carbonyl (C=O) groups excluding carboxylic acids is 2. The van der Waals surface area contributed by atoms with E-state index >= 15 is 0 Å². The van der Waals surface area contributed by atoms with Gasteiger partial charge < -0.3 is 10.1 Å². The number of nitrogens with one attached hydrogen (secondary N) is 1. The Morgan fingerprint density at radius 1 is 1.30 bits per heavy atom. The molecule has 8 nitrogen and oxygen atoms in total. The molecule has 1 aliphatic carbocycles. The minimum Gasteiger partial charge on any atom is -0.461 e. The minimum atomic E-state index is -0.474. The first-order valence-corrected chi connectivity index (χ1v) is 12.4. The van der Waals surface area contributed by atoms with Crippen LogP contribution in [-0.4, -0.2) is 28.0 Å². The molecule has 0 aliphatic heterocycles. The Labute approximate surface area is 198 Å². The van der Waals surface area contributed by atoms with Crippen molar-refractivity contribution in [3.8, 4) is 6.07 Å². The van der Waals surface area contributed by atoms with Crippen LogP contribution in [0.5, 0.6) is 0 Å². The molecule has 10 heteroatoms. The Kier molecular flexibility index (Phi) is 6.63. The van der Waals surface area contributed by atoms with Crippen molar-refractivity contribution >= 4 is 49.8 Å². The second-order valence-electron chi connectivity index (χ2n) is 8.48. The number of ether oxygens (including phenoxy) is 1. The van der Waals surface area contributed by atoms with Crippen LogP contribution in [0, 0.1) is 24.2 Å². The van der Waals surface area contributed by atoms with Gasteiger partial charge in [-0.15, -0.1) is 22.7 Å². The molecule has 0 fully saturated rings. The molecule has 33 heavy (non-hydrogen) atoms. The second kappa shape index (κ2) is 9.45. The molecule has 0 bridgehead atoms. The third kappa shape index (κ3) is 4.56. The predicted octanol–water partition coefficient (Wildman–Crippen LogP) is 4.03. The molecule has 0 radical (unpaired) electrons. The summed E-state index contributed by atoms with van der Waals surface area (Å²) in [7, 11) is 0. The van der Waals surface area contributed by atoms with Crippen LogP contribution in [0.1, 0.15) is 57.9 Å². The number of amides is 1. The smallest absolute Gasteiger partial charge is 0.348 e. The van der Waals surface area contributed by atoms with Gasteiger partial charge in [0, 0.05) is 4.88 Å². The lowest BCUT2D eigenvalue weighted by Gasteiger charge is -2.09. The summed E-state index contributed by atoms with van der Waals surface area (Å²) in [6.45, 7) is 5.63. The fourth-order valence-electron chi connectivity index (χ4n) is 3.87. The van der Waals surface area contributed by atoms with Crippen molar-refractivity contribution in [2.24, 2.45) is 5.92 Å². The first-order chi connectivity index (χ1) is 15.8. The fourth-order valence-corrected chi connectivity index (χ4v) is 6.16. The monoisotopic (exact) mass is 484 g/mol. The molecular weight excluding hydrogens is 460 g/mol. The summed E-state index contributed by atoms with van der Waals surface area (Å²) >= 11 is 2.55. The van der Waals surface area contributed by atoms with Crippen molar-refractivity contribution in [1.82, 2.24) is 9.55 Å². The maximum Gasteiger partial charge on any atom is 0.348 e. The summed E-state index contributed by atoms with van der Waals surface area (Å²) < 4.78 is 6.53. The van der Waals surface area contributed by atoms with E-state index in [1.807, 2.05) is 13.8 Å². The van der Waals surface area contributed by atoms with E-state index in [2.05, 4.69) is 16.4 Å². The van der Waals surface area contributed by atoms with E-state index in [0.717, 1.165) is 47.5 Å². The Bertz CT molecular complexity index is 1340. The van der Waals surface area contributed by atoms with Gasteiger partial charge in [-0.05, 0) is 49.7 Å². The van der Waals surface area contributed by atoms with Crippen LogP contribution >= 0.6 is 22.7 Å². The van der Waals surface area contributed by atoms with Gasteiger partial charge in [-0.3, -0.25) is 14.2 Å². The summed E-state index contributed by atoms with van der Waals surface area (Å²) in [5, 5.41) is 13.2. The average Bonchev–Trinajstić information content (AvgIpc) is 3.31. The first kappa shape index (κ1) is 23.1. The lowest BCUT2D eigenvalue weighted by Crippen LogP contribution is -2.27. The third-order valence-electron chi connectivity index (χ3n) is 5.50. The number of fused-ring (bicyclic) bond motifs is 2. The number of esters is 1.